The lowest BCUT2D eigenvalue weighted by atomic mass is 10.3. The van der Waals surface area contributed by atoms with Gasteiger partial charge in [0.25, 0.3) is 5.91 Å². The summed E-state index contributed by atoms with van der Waals surface area (Å²) in [4.78, 5) is 21.2. The molecular weight excluding hydrogens is 326 g/mol. The van der Waals surface area contributed by atoms with Crippen LogP contribution in [0.15, 0.2) is 35.8 Å². The van der Waals surface area contributed by atoms with Crippen LogP contribution in [-0.2, 0) is 6.42 Å². The van der Waals surface area contributed by atoms with Crippen molar-refractivity contribution in [1.82, 2.24) is 15.3 Å². The predicted octanol–water partition coefficient (Wildman–Crippen LogP) is 3.83. The Labute approximate surface area is 134 Å². The second-order valence-corrected chi connectivity index (χ2v) is 6.99. The third kappa shape index (κ3) is 3.53. The Kier molecular flexibility index (Phi) is 4.38. The summed E-state index contributed by atoms with van der Waals surface area (Å²) in [7, 11) is 0. The first-order valence-electron chi connectivity index (χ1n) is 6.33. The van der Waals surface area contributed by atoms with E-state index in [1.54, 1.807) is 23.5 Å². The minimum Gasteiger partial charge on any atom is -0.351 e. The first-order chi connectivity index (χ1) is 10.2. The number of thiophene rings is 2. The molecule has 1 amide bonds. The average Bonchev–Trinajstić information content (AvgIpc) is 3.19. The van der Waals surface area contributed by atoms with Crippen LogP contribution in [0.2, 0.25) is 4.34 Å². The van der Waals surface area contributed by atoms with Crippen molar-refractivity contribution in [2.24, 2.45) is 0 Å². The third-order valence-corrected chi connectivity index (χ3v) is 4.99. The van der Waals surface area contributed by atoms with Gasteiger partial charge in [-0.1, -0.05) is 17.7 Å². The number of halogens is 1. The number of aromatic nitrogens is 2. The summed E-state index contributed by atoms with van der Waals surface area (Å²) >= 11 is 8.75. The molecule has 3 heterocycles. The largest absolute Gasteiger partial charge is 0.351 e. The minimum absolute atomic E-state index is 0.100. The lowest BCUT2D eigenvalue weighted by Crippen LogP contribution is -2.25. The van der Waals surface area contributed by atoms with Gasteiger partial charge in [-0.3, -0.25) is 4.79 Å². The van der Waals surface area contributed by atoms with Crippen LogP contribution in [0.5, 0.6) is 0 Å². The van der Waals surface area contributed by atoms with Gasteiger partial charge in [0, 0.05) is 13.0 Å². The van der Waals surface area contributed by atoms with E-state index >= 15 is 0 Å². The van der Waals surface area contributed by atoms with Gasteiger partial charge in [-0.2, -0.15) is 0 Å². The molecule has 21 heavy (non-hydrogen) atoms. The summed E-state index contributed by atoms with van der Waals surface area (Å²) in [5.74, 6) is 0.764. The van der Waals surface area contributed by atoms with E-state index in [0.717, 1.165) is 16.4 Å². The van der Waals surface area contributed by atoms with Gasteiger partial charge < -0.3 is 10.3 Å². The standard InChI is InChI=1S/C14H12ClN3OS2/c15-12-4-3-11(21-12)14(19)16-6-5-13-17-8-9(18-13)10-2-1-7-20-10/h1-4,7-8H,5-6H2,(H,16,19)(H,17,18). The molecule has 0 fully saturated rings. The molecule has 0 spiro atoms. The Morgan fingerprint density at radius 2 is 2.29 bits per heavy atom. The van der Waals surface area contributed by atoms with Crippen LogP contribution < -0.4 is 5.32 Å². The summed E-state index contributed by atoms with van der Waals surface area (Å²) in [5.41, 5.74) is 1.01. The number of hydrogen-bond acceptors (Lipinski definition) is 4. The maximum absolute atomic E-state index is 11.9. The van der Waals surface area contributed by atoms with Crippen LogP contribution in [0.3, 0.4) is 0 Å². The molecule has 0 radical (unpaired) electrons. The first kappa shape index (κ1) is 14.3. The highest BCUT2D eigenvalue weighted by molar-refractivity contribution is 7.18. The van der Waals surface area contributed by atoms with Gasteiger partial charge >= 0.3 is 0 Å². The number of nitrogens with one attached hydrogen (secondary N) is 2. The Bertz CT molecular complexity index is 733. The molecule has 3 aromatic rings. The fourth-order valence-corrected chi connectivity index (χ4v) is 3.52. The second-order valence-electron chi connectivity index (χ2n) is 4.33. The molecule has 3 rings (SSSR count). The molecule has 0 aliphatic heterocycles. The highest BCUT2D eigenvalue weighted by Gasteiger charge is 2.09. The smallest absolute Gasteiger partial charge is 0.261 e. The lowest BCUT2D eigenvalue weighted by Gasteiger charge is -2.01. The van der Waals surface area contributed by atoms with Crippen molar-refractivity contribution in [3.63, 3.8) is 0 Å². The number of carbonyl (C=O) groups is 1. The molecule has 0 saturated carbocycles. The molecule has 3 aromatic heterocycles. The van der Waals surface area contributed by atoms with Crippen LogP contribution in [-0.4, -0.2) is 22.4 Å². The Hall–Kier alpha value is -1.63. The molecule has 4 nitrogen and oxygen atoms in total. The zero-order chi connectivity index (χ0) is 14.7. The SMILES string of the molecule is O=C(NCCc1ncc(-c2cccs2)[nH]1)c1ccc(Cl)s1. The summed E-state index contributed by atoms with van der Waals surface area (Å²) in [5, 5.41) is 4.89. The summed E-state index contributed by atoms with van der Waals surface area (Å²) in [6.07, 6.45) is 2.48. The summed E-state index contributed by atoms with van der Waals surface area (Å²) < 4.78 is 0.617. The number of H-pyrrole nitrogens is 1. The van der Waals surface area contributed by atoms with Gasteiger partial charge in [0.05, 0.1) is 26.0 Å². The van der Waals surface area contributed by atoms with Crippen molar-refractivity contribution in [1.29, 1.82) is 0 Å². The second kappa shape index (κ2) is 6.43. The maximum Gasteiger partial charge on any atom is 0.261 e. The molecule has 108 valence electrons. The van der Waals surface area contributed by atoms with Gasteiger partial charge in [0.1, 0.15) is 5.82 Å². The van der Waals surface area contributed by atoms with Gasteiger partial charge in [-0.25, -0.2) is 4.98 Å². The van der Waals surface area contributed by atoms with E-state index in [1.807, 2.05) is 23.7 Å². The molecule has 2 N–H and O–H groups in total. The number of nitrogens with zero attached hydrogens (tertiary/aromatic N) is 1. The van der Waals surface area contributed by atoms with Crippen LogP contribution in [0.4, 0.5) is 0 Å². The summed E-state index contributed by atoms with van der Waals surface area (Å²) in [6.45, 7) is 0.533. The van der Waals surface area contributed by atoms with Crippen LogP contribution in [0, 0.1) is 0 Å². The highest BCUT2D eigenvalue weighted by atomic mass is 35.5. The fourth-order valence-electron chi connectivity index (χ4n) is 1.86. The van der Waals surface area contributed by atoms with E-state index in [1.165, 1.54) is 11.3 Å². The van der Waals surface area contributed by atoms with E-state index in [-0.39, 0.29) is 5.91 Å². The maximum atomic E-state index is 11.9. The molecule has 0 aliphatic rings. The normalized spacial score (nSPS) is 10.7. The fraction of sp³-hybridized carbons (Fsp3) is 0.143. The van der Waals surface area contributed by atoms with E-state index in [2.05, 4.69) is 15.3 Å². The molecular formula is C14H12ClN3OS2. The molecule has 0 bridgehead atoms. The van der Waals surface area contributed by atoms with Crippen molar-refractivity contribution >= 4 is 40.2 Å². The van der Waals surface area contributed by atoms with Crippen molar-refractivity contribution in [2.45, 2.75) is 6.42 Å². The predicted molar refractivity (Wildman–Crippen MR) is 87.3 cm³/mol. The van der Waals surface area contributed by atoms with Crippen molar-refractivity contribution in [3.05, 3.63) is 50.9 Å². The topological polar surface area (TPSA) is 57.8 Å². The molecule has 0 aromatic carbocycles. The van der Waals surface area contributed by atoms with E-state index in [9.17, 15) is 4.79 Å². The number of hydrogen-bond donors (Lipinski definition) is 2. The highest BCUT2D eigenvalue weighted by Crippen LogP contribution is 2.22. The van der Waals surface area contributed by atoms with E-state index < -0.39 is 0 Å². The van der Waals surface area contributed by atoms with E-state index in [4.69, 9.17) is 11.6 Å². The number of imidazole rings is 1. The van der Waals surface area contributed by atoms with E-state index in [0.29, 0.717) is 22.2 Å². The van der Waals surface area contributed by atoms with Crippen molar-refractivity contribution in [3.8, 4) is 10.6 Å². The van der Waals surface area contributed by atoms with Crippen molar-refractivity contribution in [2.75, 3.05) is 6.54 Å². The Morgan fingerprint density at radius 1 is 1.38 bits per heavy atom. The summed E-state index contributed by atoms with van der Waals surface area (Å²) in [6, 6.07) is 7.50. The number of amides is 1. The Balaban J connectivity index is 1.53. The zero-order valence-corrected chi connectivity index (χ0v) is 13.3. The van der Waals surface area contributed by atoms with Gasteiger partial charge in [-0.15, -0.1) is 22.7 Å². The molecule has 0 saturated heterocycles. The number of aromatic amines is 1. The first-order valence-corrected chi connectivity index (χ1v) is 8.41. The number of rotatable bonds is 5. The van der Waals surface area contributed by atoms with Gasteiger partial charge in [0.15, 0.2) is 0 Å². The zero-order valence-electron chi connectivity index (χ0n) is 10.9. The Morgan fingerprint density at radius 3 is 3.00 bits per heavy atom. The third-order valence-electron chi connectivity index (χ3n) is 2.86. The van der Waals surface area contributed by atoms with Crippen LogP contribution in [0.1, 0.15) is 15.5 Å². The molecule has 7 heteroatoms. The van der Waals surface area contributed by atoms with Crippen LogP contribution in [0.25, 0.3) is 10.6 Å². The minimum atomic E-state index is -0.100. The molecule has 0 aliphatic carbocycles. The lowest BCUT2D eigenvalue weighted by molar-refractivity contribution is 0.0958. The van der Waals surface area contributed by atoms with Crippen LogP contribution >= 0.6 is 34.3 Å². The van der Waals surface area contributed by atoms with Gasteiger partial charge in [0.2, 0.25) is 0 Å². The average molecular weight is 338 g/mol. The molecule has 0 unspecified atom stereocenters. The monoisotopic (exact) mass is 337 g/mol. The number of carbonyl (C=O) groups excluding carboxylic acids is 1. The van der Waals surface area contributed by atoms with Gasteiger partial charge in [-0.05, 0) is 23.6 Å². The quantitative estimate of drug-likeness (QED) is 0.743. The molecule has 0 atom stereocenters. The van der Waals surface area contributed by atoms with Crippen molar-refractivity contribution < 1.29 is 4.79 Å².